The van der Waals surface area contributed by atoms with E-state index in [-0.39, 0.29) is 24.9 Å². The predicted octanol–water partition coefficient (Wildman–Crippen LogP) is 2.76. The predicted molar refractivity (Wildman–Crippen MR) is 80.7 cm³/mol. The lowest BCUT2D eigenvalue weighted by molar-refractivity contribution is -0.186. The second-order valence-electron chi connectivity index (χ2n) is 7.42. The molecule has 0 aromatic carbocycles. The fourth-order valence-electron chi connectivity index (χ4n) is 3.75. The van der Waals surface area contributed by atoms with Gasteiger partial charge in [0.15, 0.2) is 0 Å². The first kappa shape index (κ1) is 18.5. The van der Waals surface area contributed by atoms with Crippen molar-refractivity contribution in [2.45, 2.75) is 76.7 Å². The zero-order chi connectivity index (χ0) is 17.5. The van der Waals surface area contributed by atoms with E-state index in [9.17, 15) is 18.0 Å². The summed E-state index contributed by atoms with van der Waals surface area (Å²) in [6.45, 7) is 6.17. The molecule has 3 N–H and O–H groups in total. The molecule has 0 aromatic heterocycles. The Bertz CT molecular complexity index is 453. The van der Waals surface area contributed by atoms with E-state index in [2.05, 4.69) is 5.32 Å². The molecule has 0 saturated heterocycles. The van der Waals surface area contributed by atoms with Crippen LogP contribution in [0.1, 0.15) is 52.9 Å². The molecule has 2 saturated carbocycles. The molecule has 0 radical (unpaired) electrons. The largest absolute Gasteiger partial charge is 0.391 e. The van der Waals surface area contributed by atoms with Crippen molar-refractivity contribution in [3.63, 3.8) is 0 Å². The number of hydrogen-bond acceptors (Lipinski definition) is 3. The summed E-state index contributed by atoms with van der Waals surface area (Å²) in [6, 6.07) is -0.453. The van der Waals surface area contributed by atoms with Crippen LogP contribution >= 0.6 is 0 Å². The van der Waals surface area contributed by atoms with Gasteiger partial charge in [-0.3, -0.25) is 4.79 Å². The van der Waals surface area contributed by atoms with E-state index in [0.717, 1.165) is 0 Å². The molecule has 7 heteroatoms. The van der Waals surface area contributed by atoms with Crippen LogP contribution in [0.15, 0.2) is 0 Å². The summed E-state index contributed by atoms with van der Waals surface area (Å²) in [7, 11) is 0. The summed E-state index contributed by atoms with van der Waals surface area (Å²) in [6.07, 6.45) is -2.77. The van der Waals surface area contributed by atoms with Crippen molar-refractivity contribution in [2.24, 2.45) is 17.1 Å². The molecule has 1 amide bonds. The van der Waals surface area contributed by atoms with Gasteiger partial charge in [0.25, 0.3) is 0 Å². The highest BCUT2D eigenvalue weighted by molar-refractivity contribution is 5.89. The van der Waals surface area contributed by atoms with Crippen molar-refractivity contribution in [3.8, 4) is 0 Å². The fourth-order valence-corrected chi connectivity index (χ4v) is 3.75. The van der Waals surface area contributed by atoms with E-state index in [1.165, 1.54) is 0 Å². The number of carbonyl (C=O) groups is 1. The summed E-state index contributed by atoms with van der Waals surface area (Å²) in [5, 5.41) is 2.76. The van der Waals surface area contributed by atoms with Gasteiger partial charge in [-0.15, -0.1) is 0 Å². The van der Waals surface area contributed by atoms with Gasteiger partial charge in [0.2, 0.25) is 5.91 Å². The molecule has 2 aliphatic carbocycles. The van der Waals surface area contributed by atoms with Gasteiger partial charge in [0.05, 0.1) is 12.0 Å². The molecule has 134 valence electrons. The lowest BCUT2D eigenvalue weighted by Gasteiger charge is -2.57. The molecule has 0 heterocycles. The molecule has 0 aromatic rings. The second-order valence-corrected chi connectivity index (χ2v) is 7.42. The Labute approximate surface area is 135 Å². The minimum absolute atomic E-state index is 0.0549. The average Bonchev–Trinajstić information content (AvgIpc) is 2.46. The number of amides is 1. The van der Waals surface area contributed by atoms with Crippen LogP contribution in [0.5, 0.6) is 0 Å². The molecule has 4 unspecified atom stereocenters. The lowest BCUT2D eigenvalue weighted by Crippen LogP contribution is -2.76. The van der Waals surface area contributed by atoms with Crippen LogP contribution in [0.25, 0.3) is 0 Å². The smallest absolute Gasteiger partial charge is 0.378 e. The summed E-state index contributed by atoms with van der Waals surface area (Å²) in [5.41, 5.74) is 4.65. The number of ether oxygens (including phenoxy) is 1. The molecule has 4 atom stereocenters. The molecule has 2 rings (SSSR count). The Morgan fingerprint density at radius 1 is 1.35 bits per heavy atom. The Balaban J connectivity index is 1.97. The molecule has 2 fully saturated rings. The van der Waals surface area contributed by atoms with Gasteiger partial charge in [0.1, 0.15) is 5.54 Å². The van der Waals surface area contributed by atoms with E-state index in [1.54, 1.807) is 0 Å². The quantitative estimate of drug-likeness (QED) is 0.830. The summed E-state index contributed by atoms with van der Waals surface area (Å²) < 4.78 is 44.2. The van der Waals surface area contributed by atoms with Crippen LogP contribution in [0.4, 0.5) is 13.2 Å². The van der Waals surface area contributed by atoms with Crippen LogP contribution in [0, 0.1) is 11.3 Å². The highest BCUT2D eigenvalue weighted by Gasteiger charge is 2.63. The summed E-state index contributed by atoms with van der Waals surface area (Å²) in [5.74, 6) is -1.69. The maximum Gasteiger partial charge on any atom is 0.391 e. The average molecular weight is 336 g/mol. The first-order valence-corrected chi connectivity index (χ1v) is 8.30. The number of nitrogens with one attached hydrogen (secondary N) is 1. The Kier molecular flexibility index (Phi) is 5.02. The Morgan fingerprint density at radius 2 is 2.00 bits per heavy atom. The maximum absolute atomic E-state index is 12.9. The van der Waals surface area contributed by atoms with Crippen molar-refractivity contribution in [1.29, 1.82) is 0 Å². The molecular formula is C16H27F3N2O2. The van der Waals surface area contributed by atoms with Crippen molar-refractivity contribution in [2.75, 3.05) is 6.61 Å². The molecule has 23 heavy (non-hydrogen) atoms. The Hall–Kier alpha value is -0.820. The number of hydrogen-bond donors (Lipinski definition) is 2. The fraction of sp³-hybridized carbons (Fsp3) is 0.938. The van der Waals surface area contributed by atoms with Crippen molar-refractivity contribution < 1.29 is 22.7 Å². The van der Waals surface area contributed by atoms with Gasteiger partial charge in [-0.1, -0.05) is 20.3 Å². The Morgan fingerprint density at radius 3 is 2.52 bits per heavy atom. The number of halogens is 3. The van der Waals surface area contributed by atoms with Crippen molar-refractivity contribution in [1.82, 2.24) is 5.32 Å². The van der Waals surface area contributed by atoms with E-state index in [0.29, 0.717) is 25.9 Å². The molecule has 0 bridgehead atoms. The SMILES string of the molecule is CCOC1CC(N)(C(=O)NC2CCCC(C(F)(F)F)C2)C1(C)C. The van der Waals surface area contributed by atoms with Crippen LogP contribution in [0.2, 0.25) is 0 Å². The van der Waals surface area contributed by atoms with Crippen LogP contribution in [-0.2, 0) is 9.53 Å². The molecule has 2 aliphatic rings. The third-order valence-corrected chi connectivity index (χ3v) is 5.71. The third-order valence-electron chi connectivity index (χ3n) is 5.71. The molecule has 0 spiro atoms. The standard InChI is InChI=1S/C16H27F3N2O2/c1-4-23-12-9-15(20,14(12,2)3)13(22)21-11-7-5-6-10(8-11)16(17,18)19/h10-12H,4-9,20H2,1-3H3,(H,21,22). The molecule has 0 aliphatic heterocycles. The molecular weight excluding hydrogens is 309 g/mol. The highest BCUT2D eigenvalue weighted by atomic mass is 19.4. The maximum atomic E-state index is 12.9. The topological polar surface area (TPSA) is 64.3 Å². The summed E-state index contributed by atoms with van der Waals surface area (Å²) >= 11 is 0. The monoisotopic (exact) mass is 336 g/mol. The lowest BCUT2D eigenvalue weighted by atomic mass is 9.54. The van der Waals surface area contributed by atoms with Gasteiger partial charge >= 0.3 is 6.18 Å². The first-order valence-electron chi connectivity index (χ1n) is 8.30. The second kappa shape index (κ2) is 6.24. The van der Waals surface area contributed by atoms with Gasteiger partial charge in [-0.2, -0.15) is 13.2 Å². The molecule has 4 nitrogen and oxygen atoms in total. The first-order chi connectivity index (χ1) is 10.5. The third kappa shape index (κ3) is 3.36. The van der Waals surface area contributed by atoms with E-state index >= 15 is 0 Å². The zero-order valence-electron chi connectivity index (χ0n) is 14.0. The normalized spacial score (nSPS) is 37.1. The number of rotatable bonds is 4. The van der Waals surface area contributed by atoms with Crippen LogP contribution in [-0.4, -0.2) is 36.4 Å². The van der Waals surface area contributed by atoms with Gasteiger partial charge in [-0.25, -0.2) is 0 Å². The summed E-state index contributed by atoms with van der Waals surface area (Å²) in [4.78, 5) is 12.6. The van der Waals surface area contributed by atoms with Gasteiger partial charge < -0.3 is 15.8 Å². The number of carbonyl (C=O) groups excluding carboxylic acids is 1. The highest BCUT2D eigenvalue weighted by Crippen LogP contribution is 2.50. The van der Waals surface area contributed by atoms with E-state index in [1.807, 2.05) is 20.8 Å². The van der Waals surface area contributed by atoms with Crippen LogP contribution < -0.4 is 11.1 Å². The minimum atomic E-state index is -4.19. The number of alkyl halides is 3. The van der Waals surface area contributed by atoms with Crippen molar-refractivity contribution >= 4 is 5.91 Å². The zero-order valence-corrected chi connectivity index (χ0v) is 14.0. The van der Waals surface area contributed by atoms with E-state index < -0.39 is 29.1 Å². The van der Waals surface area contributed by atoms with Gasteiger partial charge in [-0.05, 0) is 26.2 Å². The van der Waals surface area contributed by atoms with Gasteiger partial charge in [0, 0.05) is 24.5 Å². The minimum Gasteiger partial charge on any atom is -0.378 e. The number of nitrogens with two attached hydrogens (primary N) is 1. The van der Waals surface area contributed by atoms with E-state index in [4.69, 9.17) is 10.5 Å². The van der Waals surface area contributed by atoms with Crippen molar-refractivity contribution in [3.05, 3.63) is 0 Å². The van der Waals surface area contributed by atoms with Crippen LogP contribution in [0.3, 0.4) is 0 Å².